The van der Waals surface area contributed by atoms with Crippen LogP contribution < -0.4 is 15.8 Å². The van der Waals surface area contributed by atoms with Crippen molar-refractivity contribution < 1.29 is 13.9 Å². The molecule has 0 spiro atoms. The Morgan fingerprint density at radius 1 is 1.12 bits per heavy atom. The lowest BCUT2D eigenvalue weighted by Crippen LogP contribution is -2.46. The zero-order valence-corrected chi connectivity index (χ0v) is 19.3. The molecule has 1 saturated heterocycles. The maximum Gasteiger partial charge on any atom is 0.253 e. The van der Waals surface area contributed by atoms with Crippen LogP contribution in [0.4, 0.5) is 10.2 Å². The molecule has 9 heteroatoms. The minimum absolute atomic E-state index is 0.0126. The van der Waals surface area contributed by atoms with Gasteiger partial charge in [0.05, 0.1) is 11.6 Å². The second kappa shape index (κ2) is 10.4. The van der Waals surface area contributed by atoms with E-state index >= 15 is 0 Å². The first-order chi connectivity index (χ1) is 15.9. The van der Waals surface area contributed by atoms with Gasteiger partial charge in [-0.2, -0.15) is 0 Å². The minimum Gasteiger partial charge on any atom is -0.489 e. The standard InChI is InChI=1S/C24H23Cl2FN4O2/c25-19-5-6-20(27)22(26)18(19)7-12-33-21-13-17(14-30-23(21)28)15-1-3-16(4-2-15)24(32)31-10-8-29-9-11-31/h1-6,13-14,29H,7-12H2,(H2,28,30). The van der Waals surface area contributed by atoms with E-state index in [-0.39, 0.29) is 23.4 Å². The Morgan fingerprint density at radius 3 is 2.58 bits per heavy atom. The minimum atomic E-state index is -0.530. The number of halogens is 3. The Kier molecular flexibility index (Phi) is 7.33. The first-order valence-electron chi connectivity index (χ1n) is 10.5. The van der Waals surface area contributed by atoms with Crippen LogP contribution in [0.15, 0.2) is 48.7 Å². The summed E-state index contributed by atoms with van der Waals surface area (Å²) in [4.78, 5) is 18.7. The van der Waals surface area contributed by atoms with Gasteiger partial charge < -0.3 is 20.7 Å². The monoisotopic (exact) mass is 488 g/mol. The average molecular weight is 489 g/mol. The highest BCUT2D eigenvalue weighted by Crippen LogP contribution is 2.30. The van der Waals surface area contributed by atoms with E-state index in [1.54, 1.807) is 12.3 Å². The molecule has 1 aliphatic heterocycles. The summed E-state index contributed by atoms with van der Waals surface area (Å²) in [5.74, 6) is 0.133. The van der Waals surface area contributed by atoms with Crippen LogP contribution in [0.25, 0.3) is 11.1 Å². The van der Waals surface area contributed by atoms with Gasteiger partial charge in [-0.1, -0.05) is 35.3 Å². The normalized spacial score (nSPS) is 13.7. The summed E-state index contributed by atoms with van der Waals surface area (Å²) < 4.78 is 19.5. The van der Waals surface area contributed by atoms with Gasteiger partial charge in [0.25, 0.3) is 5.91 Å². The number of pyridine rings is 1. The molecule has 1 fully saturated rings. The second-order valence-electron chi connectivity index (χ2n) is 7.65. The lowest BCUT2D eigenvalue weighted by Gasteiger charge is -2.27. The molecular weight excluding hydrogens is 466 g/mol. The number of nitrogen functional groups attached to an aromatic ring is 1. The van der Waals surface area contributed by atoms with Crippen LogP contribution in [-0.4, -0.2) is 48.6 Å². The fourth-order valence-electron chi connectivity index (χ4n) is 3.65. The molecule has 2 aromatic carbocycles. The first-order valence-corrected chi connectivity index (χ1v) is 11.3. The summed E-state index contributed by atoms with van der Waals surface area (Å²) in [7, 11) is 0. The largest absolute Gasteiger partial charge is 0.489 e. The van der Waals surface area contributed by atoms with Crippen molar-refractivity contribution in [3.05, 3.63) is 75.7 Å². The Balaban J connectivity index is 1.45. The Labute approximate surface area is 201 Å². The number of aromatic nitrogens is 1. The Bertz CT molecular complexity index is 1150. The number of carbonyl (C=O) groups is 1. The van der Waals surface area contributed by atoms with Gasteiger partial charge in [-0.15, -0.1) is 0 Å². The van der Waals surface area contributed by atoms with Crippen molar-refractivity contribution in [1.82, 2.24) is 15.2 Å². The van der Waals surface area contributed by atoms with Crippen LogP contribution in [0, 0.1) is 5.82 Å². The molecule has 6 nitrogen and oxygen atoms in total. The fraction of sp³-hybridized carbons (Fsp3) is 0.250. The van der Waals surface area contributed by atoms with Crippen LogP contribution in [0.2, 0.25) is 10.0 Å². The fourth-order valence-corrected chi connectivity index (χ4v) is 4.21. The van der Waals surface area contributed by atoms with Gasteiger partial charge in [0.1, 0.15) is 5.82 Å². The number of nitrogens with zero attached hydrogens (tertiary/aromatic N) is 2. The van der Waals surface area contributed by atoms with Gasteiger partial charge in [-0.25, -0.2) is 9.37 Å². The highest BCUT2D eigenvalue weighted by molar-refractivity contribution is 6.36. The molecule has 3 N–H and O–H groups in total. The number of nitrogens with one attached hydrogen (secondary N) is 1. The molecule has 1 amide bonds. The van der Waals surface area contributed by atoms with Crippen LogP contribution in [0.1, 0.15) is 15.9 Å². The summed E-state index contributed by atoms with van der Waals surface area (Å²) in [6.45, 7) is 3.21. The SMILES string of the molecule is Nc1ncc(-c2ccc(C(=O)N3CCNCC3)cc2)cc1OCCc1c(Cl)ccc(F)c1Cl. The molecule has 4 rings (SSSR count). The summed E-state index contributed by atoms with van der Waals surface area (Å²) in [5.41, 5.74) is 8.76. The van der Waals surface area contributed by atoms with Crippen molar-refractivity contribution >= 4 is 34.9 Å². The van der Waals surface area contributed by atoms with E-state index in [9.17, 15) is 9.18 Å². The van der Waals surface area contributed by atoms with Crippen molar-refractivity contribution in [3.63, 3.8) is 0 Å². The zero-order valence-electron chi connectivity index (χ0n) is 17.8. The zero-order chi connectivity index (χ0) is 23.4. The molecule has 1 aliphatic rings. The molecule has 2 heterocycles. The summed E-state index contributed by atoms with van der Waals surface area (Å²) in [5, 5.41) is 3.60. The number of amides is 1. The van der Waals surface area contributed by atoms with E-state index in [2.05, 4.69) is 10.3 Å². The predicted molar refractivity (Wildman–Crippen MR) is 128 cm³/mol. The van der Waals surface area contributed by atoms with Gasteiger partial charge in [0.2, 0.25) is 0 Å². The summed E-state index contributed by atoms with van der Waals surface area (Å²) >= 11 is 12.1. The highest BCUT2D eigenvalue weighted by atomic mass is 35.5. The van der Waals surface area contributed by atoms with Crippen molar-refractivity contribution in [2.24, 2.45) is 0 Å². The van der Waals surface area contributed by atoms with Crippen LogP contribution >= 0.6 is 23.2 Å². The quantitative estimate of drug-likeness (QED) is 0.501. The van der Waals surface area contributed by atoms with E-state index in [0.29, 0.717) is 41.4 Å². The van der Waals surface area contributed by atoms with Gasteiger partial charge in [-0.3, -0.25) is 4.79 Å². The number of benzene rings is 2. The number of hydrogen-bond acceptors (Lipinski definition) is 5. The molecule has 0 aliphatic carbocycles. The van der Waals surface area contributed by atoms with Crippen molar-refractivity contribution in [3.8, 4) is 16.9 Å². The molecule has 3 aromatic rings. The number of piperazine rings is 1. The van der Waals surface area contributed by atoms with Crippen LogP contribution in [0.5, 0.6) is 5.75 Å². The third kappa shape index (κ3) is 5.38. The molecule has 0 saturated carbocycles. The summed E-state index contributed by atoms with van der Waals surface area (Å²) in [6.07, 6.45) is 1.96. The highest BCUT2D eigenvalue weighted by Gasteiger charge is 2.18. The van der Waals surface area contributed by atoms with Gasteiger partial charge >= 0.3 is 0 Å². The van der Waals surface area contributed by atoms with E-state index in [1.807, 2.05) is 29.2 Å². The number of hydrogen-bond donors (Lipinski definition) is 2. The predicted octanol–water partition coefficient (Wildman–Crippen LogP) is 4.44. The van der Waals surface area contributed by atoms with E-state index in [1.165, 1.54) is 12.1 Å². The topological polar surface area (TPSA) is 80.5 Å². The van der Waals surface area contributed by atoms with Crippen LogP contribution in [0.3, 0.4) is 0 Å². The van der Waals surface area contributed by atoms with Crippen LogP contribution in [-0.2, 0) is 6.42 Å². The molecule has 0 radical (unpaired) electrons. The summed E-state index contributed by atoms with van der Waals surface area (Å²) in [6, 6.07) is 11.8. The van der Waals surface area contributed by atoms with Crippen molar-refractivity contribution in [1.29, 1.82) is 0 Å². The van der Waals surface area contributed by atoms with E-state index in [4.69, 9.17) is 33.7 Å². The molecule has 0 atom stereocenters. The second-order valence-corrected chi connectivity index (χ2v) is 8.43. The lowest BCUT2D eigenvalue weighted by atomic mass is 10.0. The Morgan fingerprint density at radius 2 is 1.85 bits per heavy atom. The van der Waals surface area contributed by atoms with E-state index in [0.717, 1.165) is 24.2 Å². The molecular formula is C24H23Cl2FN4O2. The number of anilines is 1. The number of nitrogens with two attached hydrogens (primary N) is 1. The Hall–Kier alpha value is -2.87. The molecule has 172 valence electrons. The van der Waals surface area contributed by atoms with Crippen molar-refractivity contribution in [2.45, 2.75) is 6.42 Å². The molecule has 33 heavy (non-hydrogen) atoms. The lowest BCUT2D eigenvalue weighted by molar-refractivity contribution is 0.0736. The maximum absolute atomic E-state index is 13.7. The first kappa shape index (κ1) is 23.3. The van der Waals surface area contributed by atoms with Gasteiger partial charge in [0, 0.05) is 54.9 Å². The van der Waals surface area contributed by atoms with Crippen molar-refractivity contribution in [2.75, 3.05) is 38.5 Å². The molecule has 0 bridgehead atoms. The molecule has 1 aromatic heterocycles. The molecule has 0 unspecified atom stereocenters. The maximum atomic E-state index is 13.7. The number of rotatable bonds is 6. The van der Waals surface area contributed by atoms with Gasteiger partial charge in [0.15, 0.2) is 11.6 Å². The smallest absolute Gasteiger partial charge is 0.253 e. The third-order valence-corrected chi connectivity index (χ3v) is 6.26. The van der Waals surface area contributed by atoms with Gasteiger partial charge in [-0.05, 0) is 41.5 Å². The van der Waals surface area contributed by atoms with E-state index < -0.39 is 5.82 Å². The number of ether oxygens (including phenoxy) is 1. The number of carbonyl (C=O) groups excluding carboxylic acids is 1. The third-order valence-electron chi connectivity index (χ3n) is 5.50. The average Bonchev–Trinajstić information content (AvgIpc) is 2.85.